The molecule has 0 aromatic carbocycles. The van der Waals surface area contributed by atoms with Gasteiger partial charge in [-0.3, -0.25) is 0 Å². The summed E-state index contributed by atoms with van der Waals surface area (Å²) < 4.78 is 0. The topological polar surface area (TPSA) is 74.6 Å². The lowest BCUT2D eigenvalue weighted by Crippen LogP contribution is -1.86. The number of hydrogen-bond acceptors (Lipinski definition) is 4. The van der Waals surface area contributed by atoms with Crippen LogP contribution in [-0.2, 0) is 9.59 Å². The summed E-state index contributed by atoms with van der Waals surface area (Å²) in [7, 11) is 3.31. The van der Waals surface area contributed by atoms with Crippen LogP contribution in [0.3, 0.4) is 0 Å². The smallest absolute Gasteiger partial charge is 0.327 e. The van der Waals surface area contributed by atoms with E-state index in [2.05, 4.69) is 0 Å². The molecule has 0 radical (unpaired) electrons. The molecule has 0 atom stereocenters. The van der Waals surface area contributed by atoms with E-state index in [9.17, 15) is 9.59 Å². The fourth-order valence-corrected chi connectivity index (χ4v) is 2.70. The van der Waals surface area contributed by atoms with Crippen LogP contribution >= 0.6 is 21.6 Å². The Labute approximate surface area is 102 Å². The first-order valence-corrected chi connectivity index (χ1v) is 7.15. The van der Waals surface area contributed by atoms with Gasteiger partial charge in [-0.05, 0) is 12.8 Å². The number of rotatable bonds is 9. The van der Waals surface area contributed by atoms with Crippen LogP contribution in [0, 0.1) is 0 Å². The van der Waals surface area contributed by atoms with E-state index in [1.807, 2.05) is 0 Å². The Kier molecular flexibility index (Phi) is 10.0. The maximum absolute atomic E-state index is 10.1. The first kappa shape index (κ1) is 15.1. The Bertz CT molecular complexity index is 246. The van der Waals surface area contributed by atoms with Gasteiger partial charge in [-0.2, -0.15) is 0 Å². The van der Waals surface area contributed by atoms with Crippen LogP contribution in [0.1, 0.15) is 12.8 Å². The van der Waals surface area contributed by atoms with Crippen molar-refractivity contribution in [1.29, 1.82) is 0 Å². The van der Waals surface area contributed by atoms with Crippen molar-refractivity contribution in [2.45, 2.75) is 12.8 Å². The number of hydrogen-bond donors (Lipinski definition) is 2. The van der Waals surface area contributed by atoms with Crippen molar-refractivity contribution in [3.63, 3.8) is 0 Å². The molecule has 0 saturated carbocycles. The lowest BCUT2D eigenvalue weighted by Gasteiger charge is -1.95. The average Bonchev–Trinajstić information content (AvgIpc) is 2.20. The summed E-state index contributed by atoms with van der Waals surface area (Å²) >= 11 is 0. The highest BCUT2D eigenvalue weighted by molar-refractivity contribution is 8.76. The van der Waals surface area contributed by atoms with Gasteiger partial charge in [-0.15, -0.1) is 0 Å². The molecule has 0 aliphatic carbocycles. The number of aliphatic carboxylic acids is 2. The maximum atomic E-state index is 10.1. The molecule has 0 spiro atoms. The Morgan fingerprint density at radius 2 is 1.25 bits per heavy atom. The molecule has 0 aromatic rings. The van der Waals surface area contributed by atoms with Crippen LogP contribution in [0.5, 0.6) is 0 Å². The number of carbonyl (C=O) groups is 2. The number of carboxylic acids is 2. The molecular formula is C10H14O4S2. The predicted molar refractivity (Wildman–Crippen MR) is 67.7 cm³/mol. The third-order valence-corrected chi connectivity index (χ3v) is 3.81. The van der Waals surface area contributed by atoms with Crippen LogP contribution in [0.15, 0.2) is 24.3 Å². The highest BCUT2D eigenvalue weighted by atomic mass is 33.1. The summed E-state index contributed by atoms with van der Waals surface area (Å²) in [6.45, 7) is 0. The maximum Gasteiger partial charge on any atom is 0.327 e. The van der Waals surface area contributed by atoms with Crippen molar-refractivity contribution >= 4 is 33.5 Å². The molecule has 2 N–H and O–H groups in total. The molecule has 0 aliphatic heterocycles. The SMILES string of the molecule is O=C(O)C=CCCSSCCC=CC(=O)O. The van der Waals surface area contributed by atoms with Gasteiger partial charge < -0.3 is 10.2 Å². The third kappa shape index (κ3) is 13.1. The molecule has 4 nitrogen and oxygen atoms in total. The molecule has 0 rings (SSSR count). The molecule has 6 heteroatoms. The van der Waals surface area contributed by atoms with Gasteiger partial charge in [0.15, 0.2) is 0 Å². The van der Waals surface area contributed by atoms with E-state index in [-0.39, 0.29) is 0 Å². The van der Waals surface area contributed by atoms with E-state index in [0.717, 1.165) is 36.5 Å². The van der Waals surface area contributed by atoms with Crippen molar-refractivity contribution in [2.75, 3.05) is 11.5 Å². The van der Waals surface area contributed by atoms with Gasteiger partial charge in [0.05, 0.1) is 0 Å². The normalized spacial score (nSPS) is 11.2. The standard InChI is InChI=1S/C10H14O4S2/c11-9(12)5-1-3-7-15-16-8-4-2-6-10(13)14/h1-2,5-6H,3-4,7-8H2,(H,11,12)(H,13,14). The van der Waals surface area contributed by atoms with E-state index in [1.165, 1.54) is 0 Å². The Hall–Kier alpha value is -0.880. The molecular weight excluding hydrogens is 248 g/mol. The van der Waals surface area contributed by atoms with Crippen molar-refractivity contribution in [3.8, 4) is 0 Å². The van der Waals surface area contributed by atoms with Gasteiger partial charge in [0.25, 0.3) is 0 Å². The van der Waals surface area contributed by atoms with Gasteiger partial charge in [-0.25, -0.2) is 9.59 Å². The van der Waals surface area contributed by atoms with E-state index >= 15 is 0 Å². The fraction of sp³-hybridized carbons (Fsp3) is 0.400. The van der Waals surface area contributed by atoms with Crippen molar-refractivity contribution in [2.24, 2.45) is 0 Å². The van der Waals surface area contributed by atoms with Crippen LogP contribution in [0.4, 0.5) is 0 Å². The minimum atomic E-state index is -0.920. The Morgan fingerprint density at radius 1 is 0.875 bits per heavy atom. The van der Waals surface area contributed by atoms with Gasteiger partial charge >= 0.3 is 11.9 Å². The predicted octanol–water partition coefficient (Wildman–Crippen LogP) is 2.43. The summed E-state index contributed by atoms with van der Waals surface area (Å²) in [5.74, 6) is -0.123. The van der Waals surface area contributed by atoms with Crippen LogP contribution < -0.4 is 0 Å². The summed E-state index contributed by atoms with van der Waals surface area (Å²) in [6, 6.07) is 0. The highest BCUT2D eigenvalue weighted by Crippen LogP contribution is 2.22. The lowest BCUT2D eigenvalue weighted by molar-refractivity contribution is -0.132. The molecule has 90 valence electrons. The minimum Gasteiger partial charge on any atom is -0.478 e. The van der Waals surface area contributed by atoms with Gasteiger partial charge in [0.1, 0.15) is 0 Å². The zero-order valence-electron chi connectivity index (χ0n) is 8.67. The monoisotopic (exact) mass is 262 g/mol. The van der Waals surface area contributed by atoms with E-state index in [4.69, 9.17) is 10.2 Å². The van der Waals surface area contributed by atoms with E-state index < -0.39 is 11.9 Å². The average molecular weight is 262 g/mol. The molecule has 0 aromatic heterocycles. The molecule has 16 heavy (non-hydrogen) atoms. The Balaban J connectivity index is 3.22. The number of carboxylic acid groups (broad SMARTS) is 2. The largest absolute Gasteiger partial charge is 0.478 e. The second kappa shape index (κ2) is 10.6. The van der Waals surface area contributed by atoms with E-state index in [1.54, 1.807) is 33.7 Å². The summed E-state index contributed by atoms with van der Waals surface area (Å²) in [6.07, 6.45) is 6.99. The van der Waals surface area contributed by atoms with Crippen molar-refractivity contribution in [1.82, 2.24) is 0 Å². The van der Waals surface area contributed by atoms with Gasteiger partial charge in [0.2, 0.25) is 0 Å². The fourth-order valence-electron chi connectivity index (χ4n) is 0.718. The minimum absolute atomic E-state index is 0.731. The summed E-state index contributed by atoms with van der Waals surface area (Å²) in [5, 5.41) is 16.6. The van der Waals surface area contributed by atoms with Crippen LogP contribution in [0.2, 0.25) is 0 Å². The van der Waals surface area contributed by atoms with Crippen molar-refractivity contribution in [3.05, 3.63) is 24.3 Å². The quantitative estimate of drug-likeness (QED) is 0.377. The first-order chi connectivity index (χ1) is 7.63. The number of allylic oxidation sites excluding steroid dienone is 2. The molecule has 0 saturated heterocycles. The van der Waals surface area contributed by atoms with Crippen molar-refractivity contribution < 1.29 is 19.8 Å². The Morgan fingerprint density at radius 3 is 1.56 bits per heavy atom. The van der Waals surface area contributed by atoms with Gasteiger partial charge in [-0.1, -0.05) is 33.7 Å². The zero-order chi connectivity index (χ0) is 12.2. The second-order valence-corrected chi connectivity index (χ2v) is 5.40. The van der Waals surface area contributed by atoms with E-state index in [0.29, 0.717) is 0 Å². The van der Waals surface area contributed by atoms with Crippen LogP contribution in [0.25, 0.3) is 0 Å². The first-order valence-electron chi connectivity index (χ1n) is 4.66. The molecule has 0 heterocycles. The summed E-state index contributed by atoms with van der Waals surface area (Å²) in [5.41, 5.74) is 0. The molecule has 0 fully saturated rings. The lowest BCUT2D eigenvalue weighted by atomic mass is 10.4. The molecule has 0 unspecified atom stereocenters. The summed E-state index contributed by atoms with van der Waals surface area (Å²) in [4.78, 5) is 20.2. The molecule has 0 aliphatic rings. The van der Waals surface area contributed by atoms with Gasteiger partial charge in [0, 0.05) is 23.7 Å². The second-order valence-electron chi connectivity index (χ2n) is 2.70. The van der Waals surface area contributed by atoms with Crippen LogP contribution in [-0.4, -0.2) is 33.7 Å². The third-order valence-electron chi connectivity index (χ3n) is 1.34. The highest BCUT2D eigenvalue weighted by Gasteiger charge is 1.90. The molecule has 0 amide bonds. The molecule has 0 bridgehead atoms. The zero-order valence-corrected chi connectivity index (χ0v) is 10.3.